The highest BCUT2D eigenvalue weighted by Gasteiger charge is 2.18. The summed E-state index contributed by atoms with van der Waals surface area (Å²) < 4.78 is 6.14. The number of halogens is 1. The second kappa shape index (κ2) is 5.84. The third-order valence-corrected chi connectivity index (χ3v) is 2.91. The number of benzene rings is 1. The molecule has 2 rings (SSSR count). The lowest BCUT2D eigenvalue weighted by molar-refractivity contribution is -0.120. The number of hydrogen-bond donors (Lipinski definition) is 2. The zero-order valence-electron chi connectivity index (χ0n) is 12.4. The van der Waals surface area contributed by atoms with Crippen LogP contribution in [0.1, 0.15) is 20.8 Å². The molecule has 3 amide bonds. The van der Waals surface area contributed by atoms with E-state index in [-0.39, 0.29) is 12.1 Å². The largest absolute Gasteiger partial charge is 0.420 e. The number of imide groups is 1. The maximum atomic E-state index is 11.9. The molecule has 7 nitrogen and oxygen atoms in total. The molecule has 2 N–H and O–H groups in total. The van der Waals surface area contributed by atoms with E-state index < -0.39 is 23.2 Å². The molecule has 0 aliphatic heterocycles. The van der Waals surface area contributed by atoms with E-state index in [1.54, 1.807) is 32.9 Å². The zero-order chi connectivity index (χ0) is 16.5. The van der Waals surface area contributed by atoms with Crippen molar-refractivity contribution in [3.05, 3.63) is 33.8 Å². The van der Waals surface area contributed by atoms with Crippen molar-refractivity contribution >= 4 is 34.6 Å². The van der Waals surface area contributed by atoms with Crippen molar-refractivity contribution in [2.75, 3.05) is 0 Å². The molecule has 118 valence electrons. The molecule has 8 heteroatoms. The molecule has 0 fully saturated rings. The molecule has 22 heavy (non-hydrogen) atoms. The number of nitrogens with zero attached hydrogens (tertiary/aromatic N) is 1. The highest BCUT2D eigenvalue weighted by atomic mass is 35.5. The van der Waals surface area contributed by atoms with Crippen molar-refractivity contribution in [2.45, 2.75) is 32.9 Å². The molecule has 2 aromatic rings. The number of nitrogens with one attached hydrogen (secondary N) is 2. The van der Waals surface area contributed by atoms with Crippen LogP contribution < -0.4 is 16.4 Å². The molecule has 0 atom stereocenters. The Labute approximate surface area is 131 Å². The normalized spacial score (nSPS) is 11.5. The van der Waals surface area contributed by atoms with Crippen molar-refractivity contribution in [3.8, 4) is 0 Å². The second-order valence-corrected chi connectivity index (χ2v) is 6.25. The van der Waals surface area contributed by atoms with Crippen LogP contribution in [0.3, 0.4) is 0 Å². The number of carbonyl (C=O) groups excluding carboxylic acids is 2. The molecular weight excluding hydrogens is 310 g/mol. The van der Waals surface area contributed by atoms with Crippen molar-refractivity contribution in [1.82, 2.24) is 15.2 Å². The van der Waals surface area contributed by atoms with Crippen molar-refractivity contribution in [3.63, 3.8) is 0 Å². The van der Waals surface area contributed by atoms with E-state index in [4.69, 9.17) is 16.0 Å². The van der Waals surface area contributed by atoms with Gasteiger partial charge in [-0.05, 0) is 32.9 Å². The smallest absolute Gasteiger partial charge is 0.408 e. The van der Waals surface area contributed by atoms with Gasteiger partial charge in [-0.2, -0.15) is 0 Å². The van der Waals surface area contributed by atoms with Gasteiger partial charge in [0, 0.05) is 16.6 Å². The van der Waals surface area contributed by atoms with Gasteiger partial charge in [-0.3, -0.25) is 14.7 Å². The minimum atomic E-state index is -0.691. The summed E-state index contributed by atoms with van der Waals surface area (Å²) in [4.78, 5) is 35.3. The predicted octanol–water partition coefficient (Wildman–Crippen LogP) is 1.87. The molecule has 1 heterocycles. The van der Waals surface area contributed by atoms with Gasteiger partial charge in [0.05, 0.1) is 5.52 Å². The van der Waals surface area contributed by atoms with Crippen molar-refractivity contribution in [1.29, 1.82) is 0 Å². The van der Waals surface area contributed by atoms with Gasteiger partial charge in [-0.25, -0.2) is 9.59 Å². The van der Waals surface area contributed by atoms with E-state index >= 15 is 0 Å². The fourth-order valence-electron chi connectivity index (χ4n) is 1.87. The van der Waals surface area contributed by atoms with Crippen LogP contribution in [0.25, 0.3) is 11.1 Å². The summed E-state index contributed by atoms with van der Waals surface area (Å²) in [6.07, 6.45) is 0. The van der Waals surface area contributed by atoms with Crippen LogP contribution in [0, 0.1) is 0 Å². The Bertz CT molecular complexity index is 785. The average molecular weight is 326 g/mol. The minimum absolute atomic E-state index is 0.282. The topological polar surface area (TPSA) is 93.3 Å². The zero-order valence-corrected chi connectivity index (χ0v) is 13.2. The van der Waals surface area contributed by atoms with Crippen LogP contribution in [0.5, 0.6) is 0 Å². The number of rotatable bonds is 2. The fourth-order valence-corrected chi connectivity index (χ4v) is 2.03. The molecular formula is C14H16ClN3O4. The number of oxazole rings is 1. The summed E-state index contributed by atoms with van der Waals surface area (Å²) in [5, 5.41) is 5.17. The molecule has 0 radical (unpaired) electrons. The Hall–Kier alpha value is -2.28. The summed E-state index contributed by atoms with van der Waals surface area (Å²) in [6, 6.07) is 4.02. The standard InChI is InChI=1S/C14H16ClN3O4/c1-14(2,3)17-12(20)16-11(19)7-18-9-5-4-8(15)6-10(9)22-13(18)21/h4-6H,7H2,1-3H3,(H2,16,17,19,20). The number of fused-ring (bicyclic) bond motifs is 1. The maximum Gasteiger partial charge on any atom is 0.420 e. The Kier molecular flexibility index (Phi) is 4.27. The first-order chi connectivity index (χ1) is 10.2. The molecule has 0 saturated carbocycles. The van der Waals surface area contributed by atoms with E-state index in [9.17, 15) is 14.4 Å². The lowest BCUT2D eigenvalue weighted by atomic mass is 10.1. The van der Waals surface area contributed by atoms with Crippen molar-refractivity contribution < 1.29 is 14.0 Å². The van der Waals surface area contributed by atoms with Gasteiger partial charge in [0.15, 0.2) is 5.58 Å². The van der Waals surface area contributed by atoms with E-state index in [0.29, 0.717) is 10.5 Å². The monoisotopic (exact) mass is 325 g/mol. The second-order valence-electron chi connectivity index (χ2n) is 5.82. The van der Waals surface area contributed by atoms with Crippen LogP contribution in [0.15, 0.2) is 27.4 Å². The Morgan fingerprint density at radius 1 is 1.32 bits per heavy atom. The highest BCUT2D eigenvalue weighted by Crippen LogP contribution is 2.18. The lowest BCUT2D eigenvalue weighted by Crippen LogP contribution is -2.49. The van der Waals surface area contributed by atoms with E-state index in [1.807, 2.05) is 0 Å². The number of hydrogen-bond acceptors (Lipinski definition) is 4. The third-order valence-electron chi connectivity index (χ3n) is 2.67. The minimum Gasteiger partial charge on any atom is -0.408 e. The third kappa shape index (κ3) is 3.88. The summed E-state index contributed by atoms with van der Waals surface area (Å²) >= 11 is 5.81. The van der Waals surface area contributed by atoms with Crippen LogP contribution in [0.2, 0.25) is 5.02 Å². The molecule has 0 aliphatic carbocycles. The Morgan fingerprint density at radius 3 is 2.64 bits per heavy atom. The number of carbonyl (C=O) groups is 2. The molecule has 0 aliphatic rings. The van der Waals surface area contributed by atoms with Gasteiger partial charge in [-0.15, -0.1) is 0 Å². The van der Waals surface area contributed by atoms with E-state index in [0.717, 1.165) is 4.57 Å². The van der Waals surface area contributed by atoms with Crippen molar-refractivity contribution in [2.24, 2.45) is 0 Å². The van der Waals surface area contributed by atoms with E-state index in [2.05, 4.69) is 10.6 Å². The van der Waals surface area contributed by atoms with Gasteiger partial charge >= 0.3 is 11.8 Å². The first-order valence-corrected chi connectivity index (χ1v) is 6.94. The molecule has 0 saturated heterocycles. The SMILES string of the molecule is CC(C)(C)NC(=O)NC(=O)Cn1c(=O)oc2cc(Cl)ccc21. The summed E-state index contributed by atoms with van der Waals surface area (Å²) in [7, 11) is 0. The molecule has 0 spiro atoms. The van der Waals surface area contributed by atoms with Crippen LogP contribution >= 0.6 is 11.6 Å². The molecule has 1 aromatic carbocycles. The molecule has 0 unspecified atom stereocenters. The number of aromatic nitrogens is 1. The fraction of sp³-hybridized carbons (Fsp3) is 0.357. The lowest BCUT2D eigenvalue weighted by Gasteiger charge is -2.20. The summed E-state index contributed by atoms with van der Waals surface area (Å²) in [5.74, 6) is -1.31. The van der Waals surface area contributed by atoms with Gasteiger partial charge < -0.3 is 9.73 Å². The Morgan fingerprint density at radius 2 is 2.00 bits per heavy atom. The van der Waals surface area contributed by atoms with Gasteiger partial charge in [0.25, 0.3) is 0 Å². The Balaban J connectivity index is 2.14. The average Bonchev–Trinajstić information content (AvgIpc) is 2.62. The van der Waals surface area contributed by atoms with Crippen LogP contribution in [0.4, 0.5) is 4.79 Å². The van der Waals surface area contributed by atoms with Crippen LogP contribution in [-0.2, 0) is 11.3 Å². The summed E-state index contributed by atoms with van der Waals surface area (Å²) in [6.45, 7) is 5.03. The van der Waals surface area contributed by atoms with Crippen LogP contribution in [-0.4, -0.2) is 22.0 Å². The first-order valence-electron chi connectivity index (χ1n) is 6.56. The predicted molar refractivity (Wildman–Crippen MR) is 81.9 cm³/mol. The molecule has 0 bridgehead atoms. The quantitative estimate of drug-likeness (QED) is 0.881. The molecule has 1 aromatic heterocycles. The van der Waals surface area contributed by atoms with Gasteiger partial charge in [0.2, 0.25) is 5.91 Å². The van der Waals surface area contributed by atoms with E-state index in [1.165, 1.54) is 6.07 Å². The van der Waals surface area contributed by atoms with Gasteiger partial charge in [-0.1, -0.05) is 11.6 Å². The number of urea groups is 1. The first kappa shape index (κ1) is 16.1. The van der Waals surface area contributed by atoms with Gasteiger partial charge in [0.1, 0.15) is 6.54 Å². The number of amides is 3. The maximum absolute atomic E-state index is 11.9. The highest BCUT2D eigenvalue weighted by molar-refractivity contribution is 6.31. The summed E-state index contributed by atoms with van der Waals surface area (Å²) in [5.41, 5.74) is 0.241.